The number of amides is 1. The van der Waals surface area contributed by atoms with E-state index in [-0.39, 0.29) is 12.8 Å². The average molecular weight is 631 g/mol. The van der Waals surface area contributed by atoms with Crippen LogP contribution < -0.4 is 5.32 Å². The minimum atomic E-state index is -8.71. The van der Waals surface area contributed by atoms with Gasteiger partial charge in [0.05, 0.1) is 0 Å². The number of halogens is 17. The molecule has 0 spiro atoms. The second-order valence-corrected chi connectivity index (χ2v) is 8.96. The second-order valence-electron chi connectivity index (χ2n) is 8.96. The number of hydrogen-bond acceptors (Lipinski definition) is 1. The molecule has 2 nitrogen and oxygen atoms in total. The highest BCUT2D eigenvalue weighted by molar-refractivity contribution is 5.84. The first-order chi connectivity index (χ1) is 17.7. The summed E-state index contributed by atoms with van der Waals surface area (Å²) < 4.78 is 225. The topological polar surface area (TPSA) is 29.1 Å². The lowest BCUT2D eigenvalue weighted by Gasteiger charge is -2.42. The lowest BCUT2D eigenvalue weighted by molar-refractivity contribution is -0.459. The molecular weight excluding hydrogens is 605 g/mol. The fraction of sp³-hybridized carbons (Fsp3) is 0.952. The molecule has 1 amide bonds. The van der Waals surface area contributed by atoms with E-state index in [0.29, 0.717) is 12.8 Å². The second kappa shape index (κ2) is 13.1. The fourth-order valence-corrected chi connectivity index (χ4v) is 3.23. The molecule has 40 heavy (non-hydrogen) atoms. The predicted molar refractivity (Wildman–Crippen MR) is 106 cm³/mol. The molecule has 0 aliphatic rings. The molecule has 0 saturated carbocycles. The Kier molecular flexibility index (Phi) is 12.5. The molecule has 0 unspecified atom stereocenters. The van der Waals surface area contributed by atoms with Crippen molar-refractivity contribution in [3.8, 4) is 0 Å². The Labute approximate surface area is 217 Å². The van der Waals surface area contributed by atoms with Crippen molar-refractivity contribution < 1.29 is 79.4 Å². The quantitative estimate of drug-likeness (QED) is 0.119. The first-order valence-electron chi connectivity index (χ1n) is 11.7. The van der Waals surface area contributed by atoms with Crippen LogP contribution in [0.3, 0.4) is 0 Å². The van der Waals surface area contributed by atoms with Crippen LogP contribution >= 0.6 is 0 Å². The van der Waals surface area contributed by atoms with Gasteiger partial charge in [0.15, 0.2) is 0 Å². The highest BCUT2D eigenvalue weighted by atomic mass is 19.4. The third-order valence-corrected chi connectivity index (χ3v) is 5.82. The zero-order valence-corrected chi connectivity index (χ0v) is 20.6. The highest BCUT2D eigenvalue weighted by Crippen LogP contribution is 2.63. The van der Waals surface area contributed by atoms with Crippen molar-refractivity contribution in [3.63, 3.8) is 0 Å². The van der Waals surface area contributed by atoms with Crippen molar-refractivity contribution in [1.82, 2.24) is 5.32 Å². The number of rotatable bonds is 18. The van der Waals surface area contributed by atoms with Crippen molar-refractivity contribution in [1.29, 1.82) is 0 Å². The molecule has 0 radical (unpaired) electrons. The van der Waals surface area contributed by atoms with Gasteiger partial charge in [-0.3, -0.25) is 4.79 Å². The summed E-state index contributed by atoms with van der Waals surface area (Å²) in [7, 11) is 0. The van der Waals surface area contributed by atoms with Gasteiger partial charge in [-0.05, 0) is 6.42 Å². The van der Waals surface area contributed by atoms with Gasteiger partial charge in [-0.2, -0.15) is 74.6 Å². The van der Waals surface area contributed by atoms with Crippen molar-refractivity contribution in [3.05, 3.63) is 0 Å². The molecule has 0 atom stereocenters. The van der Waals surface area contributed by atoms with Crippen LogP contribution in [0.5, 0.6) is 0 Å². The molecule has 0 rings (SSSR count). The monoisotopic (exact) mass is 631 g/mol. The molecule has 0 saturated heterocycles. The van der Waals surface area contributed by atoms with E-state index in [0.717, 1.165) is 43.8 Å². The van der Waals surface area contributed by atoms with Crippen molar-refractivity contribution in [2.75, 3.05) is 6.54 Å². The highest BCUT2D eigenvalue weighted by Gasteiger charge is 2.95. The van der Waals surface area contributed by atoms with Gasteiger partial charge in [-0.25, -0.2) is 0 Å². The van der Waals surface area contributed by atoms with Crippen LogP contribution in [-0.4, -0.2) is 60.1 Å². The maximum Gasteiger partial charge on any atom is 0.460 e. The van der Waals surface area contributed by atoms with Crippen LogP contribution in [0, 0.1) is 0 Å². The molecule has 19 heteroatoms. The number of nitrogens with one attached hydrogen (secondary N) is 1. The molecule has 0 heterocycles. The van der Waals surface area contributed by atoms with Crippen LogP contribution in [0.25, 0.3) is 0 Å². The van der Waals surface area contributed by atoms with Gasteiger partial charge in [0.25, 0.3) is 5.91 Å². The first kappa shape index (κ1) is 38.3. The summed E-state index contributed by atoms with van der Waals surface area (Å²) in [5.74, 6) is -61.2. The number of unbranched alkanes of at least 4 members (excludes halogenated alkanes) is 9. The van der Waals surface area contributed by atoms with E-state index in [1.807, 2.05) is 6.92 Å². The zero-order valence-electron chi connectivity index (χ0n) is 20.6. The standard InChI is InChI=1S/C21H26F17NO/c1-2-3-4-5-6-7-8-9-10-11-12-39-13(40)14(22,23)15(24,25)16(26,27)17(28,29)18(30,31)19(32,33)20(34,35)21(36,37)38/h2-12H2,1H3,(H,39,40). The van der Waals surface area contributed by atoms with Crippen molar-refractivity contribution >= 4 is 5.91 Å². The van der Waals surface area contributed by atoms with E-state index in [1.54, 1.807) is 0 Å². The Morgan fingerprint density at radius 2 is 0.750 bits per heavy atom. The molecule has 0 aliphatic carbocycles. The summed E-state index contributed by atoms with van der Waals surface area (Å²) in [6.07, 6.45) is -1.18. The minimum Gasteiger partial charge on any atom is -0.351 e. The van der Waals surface area contributed by atoms with E-state index in [1.165, 1.54) is 0 Å². The normalized spacial score (nSPS) is 14.9. The van der Waals surface area contributed by atoms with Gasteiger partial charge in [0, 0.05) is 6.54 Å². The Bertz CT molecular complexity index is 808. The average Bonchev–Trinajstić information content (AvgIpc) is 2.80. The van der Waals surface area contributed by atoms with E-state index in [4.69, 9.17) is 0 Å². The smallest absolute Gasteiger partial charge is 0.351 e. The maximum atomic E-state index is 13.8. The minimum absolute atomic E-state index is 0.167. The van der Waals surface area contributed by atoms with Crippen molar-refractivity contribution in [2.24, 2.45) is 0 Å². The number of hydrogen-bond donors (Lipinski definition) is 1. The molecular formula is C21H26F17NO. The molecule has 0 aromatic rings. The fourth-order valence-electron chi connectivity index (χ4n) is 3.23. The number of carbonyl (C=O) groups excluding carboxylic acids is 1. The van der Waals surface area contributed by atoms with Gasteiger partial charge < -0.3 is 5.32 Å². The molecule has 240 valence electrons. The molecule has 0 aromatic heterocycles. The van der Waals surface area contributed by atoms with Crippen LogP contribution in [-0.2, 0) is 4.79 Å². The van der Waals surface area contributed by atoms with Crippen LogP contribution in [0.4, 0.5) is 74.6 Å². The predicted octanol–water partition coefficient (Wildman–Crippen LogP) is 9.03. The molecule has 0 aliphatic heterocycles. The van der Waals surface area contributed by atoms with Crippen molar-refractivity contribution in [2.45, 2.75) is 119 Å². The van der Waals surface area contributed by atoms with Crippen LogP contribution in [0.2, 0.25) is 0 Å². The summed E-state index contributed by atoms with van der Waals surface area (Å²) in [5, 5.41) is 0.939. The Hall–Kier alpha value is -1.72. The van der Waals surface area contributed by atoms with E-state index in [9.17, 15) is 79.4 Å². The van der Waals surface area contributed by atoms with Gasteiger partial charge in [-0.1, -0.05) is 64.7 Å². The van der Waals surface area contributed by atoms with E-state index in [2.05, 4.69) is 0 Å². The molecule has 1 N–H and O–H groups in total. The Morgan fingerprint density at radius 3 is 1.10 bits per heavy atom. The molecule has 0 fully saturated rings. The summed E-state index contributed by atoms with van der Waals surface area (Å²) in [6, 6.07) is 0. The molecule has 0 aromatic carbocycles. The SMILES string of the molecule is CCCCCCCCCCCCNC(=O)C(F)(F)C(F)(F)C(F)(F)C(F)(F)C(F)(F)C(F)(F)C(F)(F)C(F)(F)F. The van der Waals surface area contributed by atoms with Gasteiger partial charge >= 0.3 is 47.6 Å². The van der Waals surface area contributed by atoms with Gasteiger partial charge in [0.2, 0.25) is 0 Å². The zero-order chi connectivity index (χ0) is 32.1. The number of carbonyl (C=O) groups is 1. The lowest BCUT2D eigenvalue weighted by atomic mass is 9.89. The summed E-state index contributed by atoms with van der Waals surface area (Å²) in [5.41, 5.74) is 0. The molecule has 0 bridgehead atoms. The lowest BCUT2D eigenvalue weighted by Crippen LogP contribution is -2.75. The van der Waals surface area contributed by atoms with Crippen LogP contribution in [0.15, 0.2) is 0 Å². The van der Waals surface area contributed by atoms with E-state index < -0.39 is 60.1 Å². The van der Waals surface area contributed by atoms with Gasteiger partial charge in [-0.15, -0.1) is 0 Å². The maximum absolute atomic E-state index is 13.8. The Morgan fingerprint density at radius 1 is 0.450 bits per heavy atom. The summed E-state index contributed by atoms with van der Waals surface area (Å²) >= 11 is 0. The largest absolute Gasteiger partial charge is 0.460 e. The summed E-state index contributed by atoms with van der Waals surface area (Å²) in [6.45, 7) is 1.05. The number of alkyl halides is 17. The summed E-state index contributed by atoms with van der Waals surface area (Å²) in [4.78, 5) is 11.4. The van der Waals surface area contributed by atoms with E-state index >= 15 is 0 Å². The van der Waals surface area contributed by atoms with Gasteiger partial charge in [0.1, 0.15) is 0 Å². The Balaban J connectivity index is 5.54. The third kappa shape index (κ3) is 7.01. The first-order valence-corrected chi connectivity index (χ1v) is 11.7. The third-order valence-electron chi connectivity index (χ3n) is 5.82. The van der Waals surface area contributed by atoms with Crippen LogP contribution in [0.1, 0.15) is 71.1 Å².